The summed E-state index contributed by atoms with van der Waals surface area (Å²) in [6, 6.07) is 3.90. The highest BCUT2D eigenvalue weighted by atomic mass is 79.9. The fourth-order valence-electron chi connectivity index (χ4n) is 1.81. The largest absolute Gasteiger partial charge is 0.326 e. The lowest BCUT2D eigenvalue weighted by molar-refractivity contribution is -0.116. The minimum atomic E-state index is -0.0309. The maximum atomic E-state index is 11.8. The molecule has 6 heteroatoms. The highest BCUT2D eigenvalue weighted by Crippen LogP contribution is 2.25. The summed E-state index contributed by atoms with van der Waals surface area (Å²) in [4.78, 5) is 11.8. The first-order chi connectivity index (χ1) is 9.06. The third-order valence-corrected chi connectivity index (χ3v) is 4.01. The van der Waals surface area contributed by atoms with Crippen molar-refractivity contribution in [1.29, 1.82) is 0 Å². The third-order valence-electron chi connectivity index (χ3n) is 2.76. The SMILES string of the molecule is Cc1cc(NC(=O)CCn2ccnn2)cc(C)c1Br. The number of aryl methyl sites for hydroxylation is 3. The standard InChI is InChI=1S/C13H15BrN4O/c1-9-7-11(8-10(2)13(9)14)16-12(19)3-5-18-6-4-15-17-18/h4,6-8H,3,5H2,1-2H3,(H,16,19). The highest BCUT2D eigenvalue weighted by Gasteiger charge is 2.06. The predicted octanol–water partition coefficient (Wildman–Crippen LogP) is 2.69. The van der Waals surface area contributed by atoms with Gasteiger partial charge in [-0.05, 0) is 37.1 Å². The number of carbonyl (C=O) groups is 1. The van der Waals surface area contributed by atoms with E-state index in [1.54, 1.807) is 17.1 Å². The van der Waals surface area contributed by atoms with Crippen molar-refractivity contribution in [2.45, 2.75) is 26.8 Å². The molecule has 0 aliphatic heterocycles. The first kappa shape index (κ1) is 13.7. The summed E-state index contributed by atoms with van der Waals surface area (Å²) >= 11 is 3.51. The molecule has 0 bridgehead atoms. The lowest BCUT2D eigenvalue weighted by atomic mass is 10.1. The molecule has 0 radical (unpaired) electrons. The molecule has 2 rings (SSSR count). The van der Waals surface area contributed by atoms with E-state index in [4.69, 9.17) is 0 Å². The average Bonchev–Trinajstić information content (AvgIpc) is 2.86. The molecule has 0 spiro atoms. The van der Waals surface area contributed by atoms with Crippen LogP contribution in [-0.4, -0.2) is 20.9 Å². The van der Waals surface area contributed by atoms with Crippen molar-refractivity contribution in [3.63, 3.8) is 0 Å². The Balaban J connectivity index is 1.95. The van der Waals surface area contributed by atoms with Gasteiger partial charge in [0.25, 0.3) is 0 Å². The molecular formula is C13H15BrN4O. The molecule has 0 saturated heterocycles. The maximum Gasteiger partial charge on any atom is 0.226 e. The summed E-state index contributed by atoms with van der Waals surface area (Å²) in [5, 5.41) is 10.4. The maximum absolute atomic E-state index is 11.8. The van der Waals surface area contributed by atoms with Crippen molar-refractivity contribution in [2.24, 2.45) is 0 Å². The number of aromatic nitrogens is 3. The molecule has 19 heavy (non-hydrogen) atoms. The summed E-state index contributed by atoms with van der Waals surface area (Å²) in [5.74, 6) is -0.0309. The Hall–Kier alpha value is -1.69. The molecule has 5 nitrogen and oxygen atoms in total. The molecule has 0 saturated carbocycles. The second-order valence-electron chi connectivity index (χ2n) is 4.39. The van der Waals surface area contributed by atoms with Crippen LogP contribution in [0.5, 0.6) is 0 Å². The smallest absolute Gasteiger partial charge is 0.226 e. The van der Waals surface area contributed by atoms with Crippen molar-refractivity contribution in [1.82, 2.24) is 15.0 Å². The number of rotatable bonds is 4. The van der Waals surface area contributed by atoms with Gasteiger partial charge in [-0.15, -0.1) is 5.10 Å². The van der Waals surface area contributed by atoms with Gasteiger partial charge in [0, 0.05) is 22.8 Å². The Bertz CT molecular complexity index is 557. The Kier molecular flexibility index (Phi) is 4.31. The van der Waals surface area contributed by atoms with Gasteiger partial charge in [-0.2, -0.15) is 0 Å². The molecule has 1 N–H and O–H groups in total. The monoisotopic (exact) mass is 322 g/mol. The number of hydrogen-bond donors (Lipinski definition) is 1. The number of benzene rings is 1. The Labute approximate surface area is 120 Å². The van der Waals surface area contributed by atoms with Crippen molar-refractivity contribution >= 4 is 27.5 Å². The van der Waals surface area contributed by atoms with Crippen molar-refractivity contribution in [3.05, 3.63) is 40.1 Å². The zero-order valence-electron chi connectivity index (χ0n) is 10.9. The van der Waals surface area contributed by atoms with Crippen LogP contribution in [0.15, 0.2) is 29.0 Å². The highest BCUT2D eigenvalue weighted by molar-refractivity contribution is 9.10. The minimum Gasteiger partial charge on any atom is -0.326 e. The number of nitrogens with zero attached hydrogens (tertiary/aromatic N) is 3. The molecule has 0 aliphatic carbocycles. The van der Waals surface area contributed by atoms with E-state index in [0.717, 1.165) is 21.3 Å². The number of hydrogen-bond acceptors (Lipinski definition) is 3. The van der Waals surface area contributed by atoms with Crippen LogP contribution in [0.4, 0.5) is 5.69 Å². The third kappa shape index (κ3) is 3.64. The van der Waals surface area contributed by atoms with Gasteiger partial charge < -0.3 is 5.32 Å². The summed E-state index contributed by atoms with van der Waals surface area (Å²) in [6.45, 7) is 4.53. The van der Waals surface area contributed by atoms with Gasteiger partial charge in [-0.25, -0.2) is 0 Å². The van der Waals surface area contributed by atoms with E-state index < -0.39 is 0 Å². The van der Waals surface area contributed by atoms with Crippen LogP contribution in [0.1, 0.15) is 17.5 Å². The van der Waals surface area contributed by atoms with Crippen LogP contribution in [0.2, 0.25) is 0 Å². The summed E-state index contributed by atoms with van der Waals surface area (Å²) in [5.41, 5.74) is 3.03. The van der Waals surface area contributed by atoms with Crippen LogP contribution in [0.25, 0.3) is 0 Å². The van der Waals surface area contributed by atoms with Crippen molar-refractivity contribution in [3.8, 4) is 0 Å². The summed E-state index contributed by atoms with van der Waals surface area (Å²) in [7, 11) is 0. The lowest BCUT2D eigenvalue weighted by Crippen LogP contribution is -2.15. The molecule has 1 aromatic carbocycles. The normalized spacial score (nSPS) is 10.5. The fourth-order valence-corrected chi connectivity index (χ4v) is 2.04. The van der Waals surface area contributed by atoms with Gasteiger partial charge in [0.2, 0.25) is 5.91 Å². The van der Waals surface area contributed by atoms with Crippen molar-refractivity contribution < 1.29 is 4.79 Å². The van der Waals surface area contributed by atoms with E-state index in [0.29, 0.717) is 13.0 Å². The number of anilines is 1. The van der Waals surface area contributed by atoms with Crippen LogP contribution in [-0.2, 0) is 11.3 Å². The lowest BCUT2D eigenvalue weighted by Gasteiger charge is -2.09. The first-order valence-electron chi connectivity index (χ1n) is 5.97. The molecular weight excluding hydrogens is 308 g/mol. The second-order valence-corrected chi connectivity index (χ2v) is 5.18. The number of carbonyl (C=O) groups excluding carboxylic acids is 1. The van der Waals surface area contributed by atoms with Gasteiger partial charge in [-0.1, -0.05) is 21.1 Å². The summed E-state index contributed by atoms with van der Waals surface area (Å²) < 4.78 is 2.71. The Morgan fingerprint density at radius 2 is 2.05 bits per heavy atom. The van der Waals surface area contributed by atoms with E-state index in [9.17, 15) is 4.79 Å². The number of nitrogens with one attached hydrogen (secondary N) is 1. The molecule has 0 unspecified atom stereocenters. The zero-order chi connectivity index (χ0) is 13.8. The van der Waals surface area contributed by atoms with E-state index in [1.807, 2.05) is 26.0 Å². The number of amides is 1. The molecule has 1 amide bonds. The van der Waals surface area contributed by atoms with Gasteiger partial charge >= 0.3 is 0 Å². The Morgan fingerprint density at radius 1 is 1.37 bits per heavy atom. The molecule has 0 fully saturated rings. The summed E-state index contributed by atoms with van der Waals surface area (Å²) in [6.07, 6.45) is 3.71. The minimum absolute atomic E-state index is 0.0309. The average molecular weight is 323 g/mol. The van der Waals surface area contributed by atoms with Crippen LogP contribution < -0.4 is 5.32 Å². The van der Waals surface area contributed by atoms with Gasteiger partial charge in [0.15, 0.2) is 0 Å². The molecule has 1 heterocycles. The van der Waals surface area contributed by atoms with Crippen LogP contribution in [0.3, 0.4) is 0 Å². The van der Waals surface area contributed by atoms with E-state index >= 15 is 0 Å². The van der Waals surface area contributed by atoms with E-state index in [1.165, 1.54) is 0 Å². The topological polar surface area (TPSA) is 59.8 Å². The zero-order valence-corrected chi connectivity index (χ0v) is 12.4. The van der Waals surface area contributed by atoms with E-state index in [-0.39, 0.29) is 5.91 Å². The molecule has 1 aromatic heterocycles. The molecule has 0 atom stereocenters. The van der Waals surface area contributed by atoms with Gasteiger partial charge in [0.05, 0.1) is 12.7 Å². The van der Waals surface area contributed by atoms with Crippen molar-refractivity contribution in [2.75, 3.05) is 5.32 Å². The molecule has 0 aliphatic rings. The first-order valence-corrected chi connectivity index (χ1v) is 6.76. The Morgan fingerprint density at radius 3 is 2.63 bits per heavy atom. The van der Waals surface area contributed by atoms with Gasteiger partial charge in [-0.3, -0.25) is 9.48 Å². The molecule has 100 valence electrons. The quantitative estimate of drug-likeness (QED) is 0.941. The molecule has 2 aromatic rings. The fraction of sp³-hybridized carbons (Fsp3) is 0.308. The van der Waals surface area contributed by atoms with Crippen LogP contribution >= 0.6 is 15.9 Å². The predicted molar refractivity (Wildman–Crippen MR) is 76.9 cm³/mol. The second kappa shape index (κ2) is 5.97. The van der Waals surface area contributed by atoms with Gasteiger partial charge in [0.1, 0.15) is 0 Å². The van der Waals surface area contributed by atoms with E-state index in [2.05, 4.69) is 31.6 Å². The number of halogens is 1. The van der Waals surface area contributed by atoms with Crippen LogP contribution in [0, 0.1) is 13.8 Å².